The minimum absolute atomic E-state index is 0.0525. The summed E-state index contributed by atoms with van der Waals surface area (Å²) < 4.78 is 36.9. The van der Waals surface area contributed by atoms with Gasteiger partial charge in [-0.05, 0) is 25.0 Å². The summed E-state index contributed by atoms with van der Waals surface area (Å²) in [4.78, 5) is 3.73. The lowest BCUT2D eigenvalue weighted by Crippen LogP contribution is -2.25. The fourth-order valence-corrected chi connectivity index (χ4v) is 1.42. The normalized spacial score (nSPS) is 15.4. The van der Waals surface area contributed by atoms with Gasteiger partial charge < -0.3 is 5.32 Å². The van der Waals surface area contributed by atoms with E-state index >= 15 is 0 Å². The molecule has 6 heteroatoms. The molecular formula is C11H14ClF3N2. The quantitative estimate of drug-likeness (QED) is 0.839. The van der Waals surface area contributed by atoms with E-state index in [1.54, 1.807) is 0 Å². The molecule has 17 heavy (non-hydrogen) atoms. The molecule has 0 aliphatic heterocycles. The van der Waals surface area contributed by atoms with Crippen molar-refractivity contribution in [1.29, 1.82) is 0 Å². The van der Waals surface area contributed by atoms with Crippen molar-refractivity contribution in [3.63, 3.8) is 0 Å². The molecule has 0 fully saturated rings. The molecule has 1 N–H and O–H groups in total. The zero-order valence-electron chi connectivity index (χ0n) is 9.55. The van der Waals surface area contributed by atoms with Crippen LogP contribution in [-0.4, -0.2) is 16.9 Å². The number of pyridine rings is 1. The maximum absolute atomic E-state index is 12.3. The van der Waals surface area contributed by atoms with Crippen LogP contribution in [0.4, 0.5) is 19.0 Å². The van der Waals surface area contributed by atoms with Crippen LogP contribution < -0.4 is 5.32 Å². The van der Waals surface area contributed by atoms with Gasteiger partial charge in [-0.15, -0.1) is 11.6 Å². The third kappa shape index (κ3) is 4.07. The molecule has 0 radical (unpaired) electrons. The van der Waals surface area contributed by atoms with Crippen LogP contribution in [0.15, 0.2) is 18.3 Å². The van der Waals surface area contributed by atoms with E-state index in [1.807, 2.05) is 13.8 Å². The SMILES string of the molecule is CC(CCl)C(C)Nc1ccc(C(F)(F)F)cn1. The van der Waals surface area contributed by atoms with Crippen LogP contribution in [0.2, 0.25) is 0 Å². The van der Waals surface area contributed by atoms with Gasteiger partial charge in [0, 0.05) is 18.1 Å². The number of hydrogen-bond acceptors (Lipinski definition) is 2. The smallest absolute Gasteiger partial charge is 0.367 e. The first kappa shape index (κ1) is 14.1. The summed E-state index contributed by atoms with van der Waals surface area (Å²) in [6.45, 7) is 3.86. The van der Waals surface area contributed by atoms with Crippen molar-refractivity contribution in [3.05, 3.63) is 23.9 Å². The Kier molecular flexibility index (Phi) is 4.62. The van der Waals surface area contributed by atoms with E-state index in [-0.39, 0.29) is 12.0 Å². The zero-order valence-corrected chi connectivity index (χ0v) is 10.3. The van der Waals surface area contributed by atoms with Crippen molar-refractivity contribution in [2.75, 3.05) is 11.2 Å². The van der Waals surface area contributed by atoms with Gasteiger partial charge in [0.2, 0.25) is 0 Å². The Morgan fingerprint density at radius 2 is 2.00 bits per heavy atom. The molecule has 1 aromatic heterocycles. The molecule has 2 unspecified atom stereocenters. The van der Waals surface area contributed by atoms with E-state index in [1.165, 1.54) is 6.07 Å². The summed E-state index contributed by atoms with van der Waals surface area (Å²) in [6.07, 6.45) is -3.53. The Morgan fingerprint density at radius 3 is 2.41 bits per heavy atom. The minimum atomic E-state index is -4.35. The Morgan fingerprint density at radius 1 is 1.35 bits per heavy atom. The topological polar surface area (TPSA) is 24.9 Å². The molecule has 0 saturated carbocycles. The van der Waals surface area contributed by atoms with Crippen molar-refractivity contribution in [2.24, 2.45) is 5.92 Å². The maximum Gasteiger partial charge on any atom is 0.417 e. The summed E-state index contributed by atoms with van der Waals surface area (Å²) in [6, 6.07) is 2.38. The monoisotopic (exact) mass is 266 g/mol. The third-order valence-electron chi connectivity index (χ3n) is 2.56. The molecule has 0 amide bonds. The van der Waals surface area contributed by atoms with Crippen molar-refractivity contribution in [2.45, 2.75) is 26.1 Å². The second kappa shape index (κ2) is 5.58. The van der Waals surface area contributed by atoms with Crippen LogP contribution >= 0.6 is 11.6 Å². The average molecular weight is 267 g/mol. The second-order valence-electron chi connectivity index (χ2n) is 3.99. The van der Waals surface area contributed by atoms with Gasteiger partial charge >= 0.3 is 6.18 Å². The Balaban J connectivity index is 2.69. The first-order valence-electron chi connectivity index (χ1n) is 5.20. The molecule has 0 saturated heterocycles. The number of halogens is 4. The average Bonchev–Trinajstić information content (AvgIpc) is 2.27. The number of rotatable bonds is 4. The fraction of sp³-hybridized carbons (Fsp3) is 0.545. The number of anilines is 1. The molecule has 0 bridgehead atoms. The predicted octanol–water partition coefficient (Wildman–Crippen LogP) is 3.78. The van der Waals surface area contributed by atoms with Crippen LogP contribution in [-0.2, 0) is 6.18 Å². The van der Waals surface area contributed by atoms with Crippen molar-refractivity contribution in [3.8, 4) is 0 Å². The number of alkyl halides is 4. The van der Waals surface area contributed by atoms with E-state index in [2.05, 4.69) is 10.3 Å². The van der Waals surface area contributed by atoms with Crippen LogP contribution in [0.1, 0.15) is 19.4 Å². The van der Waals surface area contributed by atoms with Gasteiger partial charge in [0.25, 0.3) is 0 Å². The Labute approximate surface area is 103 Å². The first-order chi connectivity index (χ1) is 7.84. The largest absolute Gasteiger partial charge is 0.417 e. The summed E-state index contributed by atoms with van der Waals surface area (Å²) >= 11 is 5.69. The standard InChI is InChI=1S/C11H14ClF3N2/c1-7(5-12)8(2)17-10-4-3-9(6-16-10)11(13,14)15/h3-4,6-8H,5H2,1-2H3,(H,16,17). The van der Waals surface area contributed by atoms with Gasteiger partial charge in [-0.3, -0.25) is 0 Å². The van der Waals surface area contributed by atoms with Gasteiger partial charge in [0.15, 0.2) is 0 Å². The van der Waals surface area contributed by atoms with Crippen LogP contribution in [0, 0.1) is 5.92 Å². The molecule has 1 heterocycles. The highest BCUT2D eigenvalue weighted by Gasteiger charge is 2.30. The molecular weight excluding hydrogens is 253 g/mol. The van der Waals surface area contributed by atoms with Crippen molar-refractivity contribution >= 4 is 17.4 Å². The number of aromatic nitrogens is 1. The van der Waals surface area contributed by atoms with E-state index in [0.29, 0.717) is 11.7 Å². The molecule has 0 aliphatic rings. The second-order valence-corrected chi connectivity index (χ2v) is 4.30. The predicted molar refractivity (Wildman–Crippen MR) is 62.2 cm³/mol. The first-order valence-corrected chi connectivity index (χ1v) is 5.73. The van der Waals surface area contributed by atoms with E-state index < -0.39 is 11.7 Å². The lowest BCUT2D eigenvalue weighted by molar-refractivity contribution is -0.137. The fourth-order valence-electron chi connectivity index (χ4n) is 1.16. The summed E-state index contributed by atoms with van der Waals surface area (Å²) in [5.74, 6) is 1.11. The summed E-state index contributed by atoms with van der Waals surface area (Å²) in [5, 5.41) is 3.01. The highest BCUT2D eigenvalue weighted by molar-refractivity contribution is 6.18. The van der Waals surface area contributed by atoms with Crippen LogP contribution in [0.3, 0.4) is 0 Å². The number of nitrogens with zero attached hydrogens (tertiary/aromatic N) is 1. The van der Waals surface area contributed by atoms with E-state index in [4.69, 9.17) is 11.6 Å². The van der Waals surface area contributed by atoms with Crippen LogP contribution in [0.25, 0.3) is 0 Å². The van der Waals surface area contributed by atoms with Crippen molar-refractivity contribution in [1.82, 2.24) is 4.98 Å². The van der Waals surface area contributed by atoms with Crippen molar-refractivity contribution < 1.29 is 13.2 Å². The lowest BCUT2D eigenvalue weighted by atomic mass is 10.1. The van der Waals surface area contributed by atoms with Crippen LogP contribution in [0.5, 0.6) is 0 Å². The van der Waals surface area contributed by atoms with Gasteiger partial charge in [-0.2, -0.15) is 13.2 Å². The van der Waals surface area contributed by atoms with E-state index in [0.717, 1.165) is 12.3 Å². The number of nitrogens with one attached hydrogen (secondary N) is 1. The molecule has 1 rings (SSSR count). The molecule has 96 valence electrons. The molecule has 0 spiro atoms. The maximum atomic E-state index is 12.3. The lowest BCUT2D eigenvalue weighted by Gasteiger charge is -2.19. The molecule has 0 aliphatic carbocycles. The number of hydrogen-bond donors (Lipinski definition) is 1. The zero-order chi connectivity index (χ0) is 13.1. The Bertz CT molecular complexity index is 351. The highest BCUT2D eigenvalue weighted by Crippen LogP contribution is 2.29. The van der Waals surface area contributed by atoms with E-state index in [9.17, 15) is 13.2 Å². The minimum Gasteiger partial charge on any atom is -0.367 e. The molecule has 1 aromatic rings. The Hall–Kier alpha value is -0.970. The summed E-state index contributed by atoms with van der Waals surface area (Å²) in [7, 11) is 0. The highest BCUT2D eigenvalue weighted by atomic mass is 35.5. The van der Waals surface area contributed by atoms with Gasteiger partial charge in [0.05, 0.1) is 5.56 Å². The molecule has 2 atom stereocenters. The summed E-state index contributed by atoms with van der Waals surface area (Å²) in [5.41, 5.74) is -0.749. The van der Waals surface area contributed by atoms with Gasteiger partial charge in [-0.1, -0.05) is 6.92 Å². The molecule has 2 nitrogen and oxygen atoms in total. The van der Waals surface area contributed by atoms with Gasteiger partial charge in [-0.25, -0.2) is 4.98 Å². The molecule has 0 aromatic carbocycles. The third-order valence-corrected chi connectivity index (χ3v) is 3.05. The van der Waals surface area contributed by atoms with Gasteiger partial charge in [0.1, 0.15) is 5.82 Å².